The predicted molar refractivity (Wildman–Crippen MR) is 82.9 cm³/mol. The van der Waals surface area contributed by atoms with Crippen LogP contribution in [0.5, 0.6) is 0 Å². The second kappa shape index (κ2) is 5.61. The van der Waals surface area contributed by atoms with Crippen molar-refractivity contribution in [2.45, 2.75) is 45.5 Å². The molecule has 5 nitrogen and oxygen atoms in total. The fourth-order valence-corrected chi connectivity index (χ4v) is 2.60. The Balaban J connectivity index is 2.24. The molecule has 0 saturated heterocycles. The SMILES string of the molecule is CC(C)(C)[Si](C)(C)OCc1c(-c2ccccc2)no[n+]1[O-]. The molecule has 0 aliphatic rings. The second-order valence-electron chi connectivity index (χ2n) is 6.64. The Kier molecular flexibility index (Phi) is 4.20. The second-order valence-corrected chi connectivity index (χ2v) is 11.4. The summed E-state index contributed by atoms with van der Waals surface area (Å²) in [7, 11) is -1.93. The van der Waals surface area contributed by atoms with Crippen molar-refractivity contribution >= 4 is 8.32 Å². The summed E-state index contributed by atoms with van der Waals surface area (Å²) in [5, 5.41) is 15.8. The van der Waals surface area contributed by atoms with Crippen molar-refractivity contribution in [3.63, 3.8) is 0 Å². The quantitative estimate of drug-likeness (QED) is 0.640. The highest BCUT2D eigenvalue weighted by molar-refractivity contribution is 6.74. The van der Waals surface area contributed by atoms with Crippen molar-refractivity contribution in [2.75, 3.05) is 0 Å². The molecule has 114 valence electrons. The predicted octanol–water partition coefficient (Wildman–Crippen LogP) is 3.50. The maximum atomic E-state index is 11.8. The van der Waals surface area contributed by atoms with Crippen LogP contribution in [0.25, 0.3) is 11.3 Å². The number of nitrogens with zero attached hydrogens (tertiary/aromatic N) is 2. The largest absolute Gasteiger partial charge is 0.408 e. The maximum absolute atomic E-state index is 11.8. The molecule has 2 aromatic rings. The summed E-state index contributed by atoms with van der Waals surface area (Å²) in [6.07, 6.45) is 0. The fraction of sp³-hybridized carbons (Fsp3) is 0.467. The van der Waals surface area contributed by atoms with Gasteiger partial charge in [-0.3, -0.25) is 4.63 Å². The van der Waals surface area contributed by atoms with E-state index >= 15 is 0 Å². The molecule has 0 radical (unpaired) electrons. The van der Waals surface area contributed by atoms with Gasteiger partial charge in [0.25, 0.3) is 5.69 Å². The van der Waals surface area contributed by atoms with Gasteiger partial charge in [-0.2, -0.15) is 0 Å². The van der Waals surface area contributed by atoms with Crippen LogP contribution in [0.3, 0.4) is 0 Å². The van der Waals surface area contributed by atoms with E-state index in [1.165, 1.54) is 0 Å². The molecule has 0 aliphatic carbocycles. The summed E-state index contributed by atoms with van der Waals surface area (Å²) < 4.78 is 10.8. The van der Waals surface area contributed by atoms with Crippen molar-refractivity contribution in [3.8, 4) is 11.3 Å². The molecule has 1 aromatic carbocycles. The Morgan fingerprint density at radius 3 is 2.43 bits per heavy atom. The highest BCUT2D eigenvalue weighted by atomic mass is 28.4. The normalized spacial score (nSPS) is 12.6. The molecule has 0 amide bonds. The Hall–Kier alpha value is -1.66. The smallest absolute Gasteiger partial charge is 0.253 e. The van der Waals surface area contributed by atoms with Crippen LogP contribution in [-0.2, 0) is 11.0 Å². The summed E-state index contributed by atoms with van der Waals surface area (Å²) in [6, 6.07) is 9.51. The zero-order chi connectivity index (χ0) is 15.7. The lowest BCUT2D eigenvalue weighted by Gasteiger charge is -2.35. The molecule has 2 rings (SSSR count). The molecule has 1 aromatic heterocycles. The van der Waals surface area contributed by atoms with E-state index in [1.807, 2.05) is 30.3 Å². The summed E-state index contributed by atoms with van der Waals surface area (Å²) in [5.74, 6) is 0. The zero-order valence-corrected chi connectivity index (χ0v) is 14.2. The van der Waals surface area contributed by atoms with Gasteiger partial charge in [-0.25, -0.2) is 0 Å². The van der Waals surface area contributed by atoms with Gasteiger partial charge >= 0.3 is 0 Å². The molecule has 0 N–H and O–H groups in total. The lowest BCUT2D eigenvalue weighted by atomic mass is 10.1. The third-order valence-electron chi connectivity index (χ3n) is 4.12. The number of hydrogen-bond donors (Lipinski definition) is 0. The lowest BCUT2D eigenvalue weighted by Crippen LogP contribution is -2.42. The van der Waals surface area contributed by atoms with E-state index in [1.54, 1.807) is 0 Å². The highest BCUT2D eigenvalue weighted by Gasteiger charge is 2.38. The zero-order valence-electron chi connectivity index (χ0n) is 13.2. The summed E-state index contributed by atoms with van der Waals surface area (Å²) in [6.45, 7) is 11.0. The summed E-state index contributed by atoms with van der Waals surface area (Å²) >= 11 is 0. The van der Waals surface area contributed by atoms with E-state index in [-0.39, 0.29) is 11.6 Å². The molecule has 0 spiro atoms. The van der Waals surface area contributed by atoms with Crippen LogP contribution in [0, 0.1) is 5.21 Å². The molecule has 21 heavy (non-hydrogen) atoms. The Labute approximate surface area is 126 Å². The van der Waals surface area contributed by atoms with Gasteiger partial charge < -0.3 is 9.63 Å². The first-order valence-electron chi connectivity index (χ1n) is 7.00. The van der Waals surface area contributed by atoms with Crippen molar-refractivity contribution in [2.24, 2.45) is 0 Å². The molecule has 0 unspecified atom stereocenters. The molecule has 0 bridgehead atoms. The van der Waals surface area contributed by atoms with E-state index < -0.39 is 8.32 Å². The van der Waals surface area contributed by atoms with Gasteiger partial charge in [-0.05, 0) is 23.0 Å². The summed E-state index contributed by atoms with van der Waals surface area (Å²) in [5.41, 5.74) is 1.82. The van der Waals surface area contributed by atoms with Crippen LogP contribution in [0.1, 0.15) is 26.5 Å². The van der Waals surface area contributed by atoms with Gasteiger partial charge in [0.15, 0.2) is 8.32 Å². The van der Waals surface area contributed by atoms with E-state index in [2.05, 4.69) is 39.0 Å². The summed E-state index contributed by atoms with van der Waals surface area (Å²) in [4.78, 5) is 0.440. The first-order chi connectivity index (χ1) is 9.72. The fourth-order valence-electron chi connectivity index (χ4n) is 1.67. The van der Waals surface area contributed by atoms with Crippen LogP contribution in [-0.4, -0.2) is 13.5 Å². The van der Waals surface area contributed by atoms with Crippen molar-refractivity contribution in [3.05, 3.63) is 41.2 Å². The first-order valence-corrected chi connectivity index (χ1v) is 9.91. The average molecular weight is 306 g/mol. The average Bonchev–Trinajstić information content (AvgIpc) is 2.77. The molecule has 6 heteroatoms. The first kappa shape index (κ1) is 15.7. The molecular weight excluding hydrogens is 284 g/mol. The minimum Gasteiger partial charge on any atom is -0.408 e. The van der Waals surface area contributed by atoms with Gasteiger partial charge in [-0.15, -0.1) is 0 Å². The van der Waals surface area contributed by atoms with Crippen LogP contribution in [0.2, 0.25) is 18.1 Å². The minimum absolute atomic E-state index is 0.0881. The molecule has 0 fully saturated rings. The molecule has 0 atom stereocenters. The van der Waals surface area contributed by atoms with E-state index in [0.29, 0.717) is 16.3 Å². The van der Waals surface area contributed by atoms with Crippen molar-refractivity contribution < 1.29 is 14.0 Å². The van der Waals surface area contributed by atoms with Crippen LogP contribution in [0.15, 0.2) is 35.0 Å². The van der Waals surface area contributed by atoms with Crippen molar-refractivity contribution in [1.29, 1.82) is 0 Å². The molecule has 1 heterocycles. The van der Waals surface area contributed by atoms with Gasteiger partial charge in [0.1, 0.15) is 6.61 Å². The van der Waals surface area contributed by atoms with Gasteiger partial charge in [0.2, 0.25) is 5.69 Å². The number of benzene rings is 1. The molecule has 0 aliphatic heterocycles. The Morgan fingerprint density at radius 1 is 1.24 bits per heavy atom. The molecular formula is C15H22N2O3Si. The van der Waals surface area contributed by atoms with E-state index in [4.69, 9.17) is 9.06 Å². The third-order valence-corrected chi connectivity index (χ3v) is 8.60. The topological polar surface area (TPSA) is 62.2 Å². The number of rotatable bonds is 4. The van der Waals surface area contributed by atoms with E-state index in [9.17, 15) is 5.21 Å². The van der Waals surface area contributed by atoms with Gasteiger partial charge in [0.05, 0.1) is 0 Å². The number of aromatic nitrogens is 2. The van der Waals surface area contributed by atoms with Crippen molar-refractivity contribution in [1.82, 2.24) is 5.16 Å². The number of hydrogen-bond acceptors (Lipinski definition) is 4. The van der Waals surface area contributed by atoms with Gasteiger partial charge in [-0.1, -0.05) is 51.1 Å². The third kappa shape index (κ3) is 3.33. The van der Waals surface area contributed by atoms with Crippen LogP contribution < -0.4 is 4.90 Å². The monoisotopic (exact) mass is 306 g/mol. The Bertz CT molecular complexity index is 603. The highest BCUT2D eigenvalue weighted by Crippen LogP contribution is 2.37. The lowest BCUT2D eigenvalue weighted by molar-refractivity contribution is -0.808. The van der Waals surface area contributed by atoms with E-state index in [0.717, 1.165) is 5.56 Å². The maximum Gasteiger partial charge on any atom is 0.253 e. The van der Waals surface area contributed by atoms with Gasteiger partial charge in [0, 0.05) is 10.7 Å². The minimum atomic E-state index is -1.93. The van der Waals surface area contributed by atoms with Crippen LogP contribution in [0.4, 0.5) is 0 Å². The van der Waals surface area contributed by atoms with Crippen LogP contribution >= 0.6 is 0 Å². The molecule has 0 saturated carbocycles. The standard InChI is InChI=1S/C15H22N2O3Si/c1-15(2,3)21(4,5)19-11-13-14(16-20-17(13)18)12-9-7-6-8-10-12/h6-10H,11H2,1-5H3. The Morgan fingerprint density at radius 2 is 1.86 bits per heavy atom.